The lowest BCUT2D eigenvalue weighted by Gasteiger charge is -2.37. The van der Waals surface area contributed by atoms with Crippen LogP contribution in [0.1, 0.15) is 44.7 Å². The molecule has 1 aromatic rings. The summed E-state index contributed by atoms with van der Waals surface area (Å²) in [7, 11) is -1.61. The molecule has 1 N–H and O–H groups in total. The van der Waals surface area contributed by atoms with E-state index in [2.05, 4.69) is 20.4 Å². The fraction of sp³-hybridized carbons (Fsp3) is 0.800. The molecule has 11 heteroatoms. The van der Waals surface area contributed by atoms with E-state index in [1.165, 1.54) is 36.3 Å². The van der Waals surface area contributed by atoms with E-state index in [0.717, 1.165) is 32.1 Å². The Morgan fingerprint density at radius 1 is 1.29 bits per heavy atom. The molecule has 0 amide bonds. The average Bonchev–Trinajstić information content (AvgIpc) is 3.41. The number of nitrogens with zero attached hydrogens (tertiary/aromatic N) is 4. The topological polar surface area (TPSA) is 100 Å². The van der Waals surface area contributed by atoms with Crippen LogP contribution in [-0.2, 0) is 20.5 Å². The maximum atomic E-state index is 12.6. The summed E-state index contributed by atoms with van der Waals surface area (Å²) in [6.07, 6.45) is 7.45. The number of nitrogens with one attached hydrogen (secondary N) is 1. The van der Waals surface area contributed by atoms with E-state index in [0.29, 0.717) is 31.9 Å². The Bertz CT molecular complexity index is 774. The number of guanidine groups is 1. The Morgan fingerprint density at radius 2 is 2.00 bits per heavy atom. The number of sulfonamides is 1. The largest absolute Gasteiger partial charge is 0.382 e. The van der Waals surface area contributed by atoms with Crippen LogP contribution in [0.25, 0.3) is 0 Å². The smallest absolute Gasteiger partial charge is 0.220 e. The lowest BCUT2D eigenvalue weighted by Crippen LogP contribution is -2.54. The summed E-state index contributed by atoms with van der Waals surface area (Å²) in [5.41, 5.74) is 0.706. The molecule has 0 bridgehead atoms. The van der Waals surface area contributed by atoms with Crippen LogP contribution in [0.3, 0.4) is 0 Å². The molecular formula is C20H36IN5O4S. The quantitative estimate of drug-likeness (QED) is 0.211. The zero-order chi connectivity index (χ0) is 21.5. The summed E-state index contributed by atoms with van der Waals surface area (Å²) in [6.45, 7) is 6.60. The van der Waals surface area contributed by atoms with Gasteiger partial charge in [-0.15, -0.1) is 24.0 Å². The molecular weight excluding hydrogens is 533 g/mol. The fourth-order valence-corrected chi connectivity index (χ4v) is 5.87. The van der Waals surface area contributed by atoms with Crippen molar-refractivity contribution in [3.63, 3.8) is 0 Å². The Labute approximate surface area is 203 Å². The first kappa shape index (κ1) is 26.3. The van der Waals surface area contributed by atoms with Gasteiger partial charge in [-0.05, 0) is 31.6 Å². The molecule has 2 heterocycles. The second-order valence-electron chi connectivity index (χ2n) is 8.19. The van der Waals surface area contributed by atoms with Crippen LogP contribution in [0, 0.1) is 5.41 Å². The highest BCUT2D eigenvalue weighted by Crippen LogP contribution is 2.40. The molecule has 3 rings (SSSR count). The third-order valence-electron chi connectivity index (χ3n) is 6.23. The zero-order valence-electron chi connectivity index (χ0n) is 18.6. The number of halogens is 1. The average molecular weight is 570 g/mol. The molecule has 1 saturated carbocycles. The predicted octanol–water partition coefficient (Wildman–Crippen LogP) is 2.30. The molecule has 0 spiro atoms. The van der Waals surface area contributed by atoms with E-state index in [4.69, 9.17) is 9.26 Å². The summed E-state index contributed by atoms with van der Waals surface area (Å²) in [5.74, 6) is 0.727. The van der Waals surface area contributed by atoms with Crippen LogP contribution in [0.2, 0.25) is 0 Å². The molecule has 1 aromatic heterocycles. The molecule has 0 aromatic carbocycles. The van der Waals surface area contributed by atoms with Crippen LogP contribution < -0.4 is 5.32 Å². The van der Waals surface area contributed by atoms with Crippen molar-refractivity contribution >= 4 is 40.0 Å². The highest BCUT2D eigenvalue weighted by atomic mass is 127. The number of aliphatic imine (C=N–C) groups is 1. The van der Waals surface area contributed by atoms with Crippen molar-refractivity contribution < 1.29 is 17.7 Å². The van der Waals surface area contributed by atoms with Crippen molar-refractivity contribution in [2.24, 2.45) is 10.4 Å². The van der Waals surface area contributed by atoms with E-state index in [1.54, 1.807) is 13.1 Å². The van der Waals surface area contributed by atoms with Gasteiger partial charge in [0, 0.05) is 59.1 Å². The Balaban J connectivity index is 0.00000341. The second-order valence-corrected chi connectivity index (χ2v) is 10.2. The molecule has 9 nitrogen and oxygen atoms in total. The summed E-state index contributed by atoms with van der Waals surface area (Å²) in [5, 5.41) is 7.29. The highest BCUT2D eigenvalue weighted by Gasteiger charge is 2.34. The van der Waals surface area contributed by atoms with Gasteiger partial charge in [0.1, 0.15) is 12.0 Å². The number of rotatable bonds is 9. The van der Waals surface area contributed by atoms with Crippen molar-refractivity contribution in [3.05, 3.63) is 18.0 Å². The maximum Gasteiger partial charge on any atom is 0.220 e. The number of hydrogen-bond donors (Lipinski definition) is 1. The highest BCUT2D eigenvalue weighted by molar-refractivity contribution is 14.0. The van der Waals surface area contributed by atoms with Crippen LogP contribution in [-0.4, -0.2) is 81.7 Å². The molecule has 0 radical (unpaired) electrons. The first-order valence-corrected chi connectivity index (χ1v) is 12.5. The molecule has 1 saturated heterocycles. The van der Waals surface area contributed by atoms with Gasteiger partial charge in [0.05, 0.1) is 5.69 Å². The molecule has 2 fully saturated rings. The molecule has 0 atom stereocenters. The zero-order valence-corrected chi connectivity index (χ0v) is 21.7. The van der Waals surface area contributed by atoms with Gasteiger partial charge in [-0.25, -0.2) is 8.42 Å². The maximum absolute atomic E-state index is 12.6. The molecule has 1 aliphatic heterocycles. The first-order chi connectivity index (χ1) is 14.5. The second kappa shape index (κ2) is 12.4. The molecule has 2 aliphatic rings. The number of aromatic nitrogens is 1. The minimum Gasteiger partial charge on any atom is -0.382 e. The van der Waals surface area contributed by atoms with Crippen molar-refractivity contribution in [1.29, 1.82) is 0 Å². The van der Waals surface area contributed by atoms with E-state index < -0.39 is 10.0 Å². The van der Waals surface area contributed by atoms with Gasteiger partial charge in [0.25, 0.3) is 0 Å². The summed E-state index contributed by atoms with van der Waals surface area (Å²) in [4.78, 5) is 6.60. The van der Waals surface area contributed by atoms with Gasteiger partial charge in [0.15, 0.2) is 5.96 Å². The van der Waals surface area contributed by atoms with Crippen molar-refractivity contribution in [3.8, 4) is 0 Å². The van der Waals surface area contributed by atoms with Crippen LogP contribution in [0.15, 0.2) is 21.8 Å². The van der Waals surface area contributed by atoms with Gasteiger partial charge < -0.3 is 19.5 Å². The fourth-order valence-electron chi connectivity index (χ4n) is 4.44. The minimum atomic E-state index is -3.40. The standard InChI is InChI=1S/C20H35N5O4S.HI/c1-3-28-15-9-20(7-4-5-8-20)17-22-19(21-2)24-10-12-25(13-11-24)30(26,27)16-18-6-14-29-23-18;/h6,14H,3-5,7-13,15-17H2,1-2H3,(H,21,22);1H. The number of hydrogen-bond acceptors (Lipinski definition) is 6. The van der Waals surface area contributed by atoms with Gasteiger partial charge in [0.2, 0.25) is 10.0 Å². The Hall–Kier alpha value is -0.920. The third-order valence-corrected chi connectivity index (χ3v) is 8.04. The Morgan fingerprint density at radius 3 is 2.58 bits per heavy atom. The van der Waals surface area contributed by atoms with E-state index in [9.17, 15) is 8.42 Å². The minimum absolute atomic E-state index is 0. The monoisotopic (exact) mass is 569 g/mol. The lowest BCUT2D eigenvalue weighted by molar-refractivity contribution is 0.104. The SMILES string of the molecule is CCOCCC1(CNC(=NC)N2CCN(S(=O)(=O)Cc3ccon3)CC2)CCCC1.I. The number of ether oxygens (including phenoxy) is 1. The normalized spacial score (nSPS) is 19.9. The lowest BCUT2D eigenvalue weighted by atomic mass is 9.83. The van der Waals surface area contributed by atoms with Crippen molar-refractivity contribution in [1.82, 2.24) is 19.7 Å². The third kappa shape index (κ3) is 7.29. The van der Waals surface area contributed by atoms with Crippen molar-refractivity contribution in [2.75, 3.05) is 53.0 Å². The molecule has 31 heavy (non-hydrogen) atoms. The van der Waals surface area contributed by atoms with Gasteiger partial charge in [-0.3, -0.25) is 4.99 Å². The molecule has 178 valence electrons. The summed E-state index contributed by atoms with van der Waals surface area (Å²) in [6, 6.07) is 1.59. The van der Waals surface area contributed by atoms with Gasteiger partial charge in [-0.2, -0.15) is 4.31 Å². The number of piperazine rings is 1. The summed E-state index contributed by atoms with van der Waals surface area (Å²) >= 11 is 0. The Kier molecular flexibility index (Phi) is 10.5. The van der Waals surface area contributed by atoms with E-state index in [-0.39, 0.29) is 35.1 Å². The first-order valence-electron chi connectivity index (χ1n) is 10.9. The molecule has 1 aliphatic carbocycles. The van der Waals surface area contributed by atoms with Gasteiger partial charge >= 0.3 is 0 Å². The predicted molar refractivity (Wildman–Crippen MR) is 131 cm³/mol. The van der Waals surface area contributed by atoms with E-state index in [1.807, 2.05) is 6.92 Å². The summed E-state index contributed by atoms with van der Waals surface area (Å²) < 4.78 is 37.2. The van der Waals surface area contributed by atoms with Crippen molar-refractivity contribution in [2.45, 2.75) is 44.8 Å². The van der Waals surface area contributed by atoms with Crippen LogP contribution in [0.4, 0.5) is 0 Å². The van der Waals surface area contributed by atoms with E-state index >= 15 is 0 Å². The van der Waals surface area contributed by atoms with Crippen LogP contribution in [0.5, 0.6) is 0 Å². The molecule has 0 unspecified atom stereocenters. The van der Waals surface area contributed by atoms with Crippen LogP contribution >= 0.6 is 24.0 Å². The van der Waals surface area contributed by atoms with Gasteiger partial charge in [-0.1, -0.05) is 18.0 Å².